The summed E-state index contributed by atoms with van der Waals surface area (Å²) in [5.41, 5.74) is 5.18. The van der Waals surface area contributed by atoms with Gasteiger partial charge in [0.15, 0.2) is 0 Å². The van der Waals surface area contributed by atoms with Gasteiger partial charge in [0.2, 0.25) is 0 Å². The number of allylic oxidation sites excluding steroid dienone is 2. The highest BCUT2D eigenvalue weighted by Crippen LogP contribution is 2.42. The van der Waals surface area contributed by atoms with Crippen LogP contribution >= 0.6 is 27.3 Å². The fraction of sp³-hybridized carbons (Fsp3) is 0.300. The Bertz CT molecular complexity index is 1470. The Morgan fingerprint density at radius 2 is 1.57 bits per heavy atom. The van der Waals surface area contributed by atoms with Crippen molar-refractivity contribution in [2.75, 3.05) is 27.4 Å². The summed E-state index contributed by atoms with van der Waals surface area (Å²) >= 11 is 5.03. The third-order valence-corrected chi connectivity index (χ3v) is 7.98. The number of halogens is 1. The van der Waals surface area contributed by atoms with E-state index in [-0.39, 0.29) is 13.2 Å². The van der Waals surface area contributed by atoms with Gasteiger partial charge in [0.05, 0.1) is 54.7 Å². The minimum Gasteiger partial charge on any atom is -0.496 e. The number of thiazole rings is 1. The number of dihydropyridines is 1. The first-order valence-electron chi connectivity index (χ1n) is 12.7. The number of benzene rings is 2. The molecular weight excluding hydrogens is 596 g/mol. The van der Waals surface area contributed by atoms with Crippen molar-refractivity contribution >= 4 is 39.2 Å². The molecule has 0 saturated heterocycles. The van der Waals surface area contributed by atoms with E-state index in [9.17, 15) is 9.59 Å². The lowest BCUT2D eigenvalue weighted by molar-refractivity contribution is -0.139. The molecule has 0 bridgehead atoms. The standard InChI is InChI=1S/C30H31BrN2O6S/c1-7-38-29(34)25-16(3)32-17(4)26(30(35)39-8-2)27(25)18-10-9-11-19(12-18)28-33-22(15-40-28)20-13-21(31)24(37-6)14-23(20)36-5/h9-15,27,32H,7-8H2,1-6H3. The number of hydrogen-bond donors (Lipinski definition) is 1. The first-order valence-corrected chi connectivity index (χ1v) is 14.4. The van der Waals surface area contributed by atoms with Crippen LogP contribution in [0.3, 0.4) is 0 Å². The maximum absolute atomic E-state index is 13.1. The van der Waals surface area contributed by atoms with Gasteiger partial charge in [-0.1, -0.05) is 18.2 Å². The van der Waals surface area contributed by atoms with E-state index in [1.54, 1.807) is 28.1 Å². The quantitative estimate of drug-likeness (QED) is 0.265. The molecular formula is C30H31BrN2O6S. The van der Waals surface area contributed by atoms with E-state index in [2.05, 4.69) is 21.2 Å². The zero-order valence-corrected chi connectivity index (χ0v) is 25.6. The summed E-state index contributed by atoms with van der Waals surface area (Å²) in [5.74, 6) is -0.333. The molecule has 40 heavy (non-hydrogen) atoms. The third kappa shape index (κ3) is 5.78. The highest BCUT2D eigenvalue weighted by Gasteiger charge is 2.38. The largest absolute Gasteiger partial charge is 0.496 e. The molecule has 2 aromatic carbocycles. The summed E-state index contributed by atoms with van der Waals surface area (Å²) in [5, 5.41) is 5.91. The van der Waals surface area contributed by atoms with Crippen LogP contribution in [0.1, 0.15) is 39.2 Å². The summed E-state index contributed by atoms with van der Waals surface area (Å²) in [7, 11) is 3.21. The van der Waals surface area contributed by atoms with Gasteiger partial charge in [0, 0.05) is 34.0 Å². The molecule has 10 heteroatoms. The van der Waals surface area contributed by atoms with Crippen LogP contribution in [0.2, 0.25) is 0 Å². The first kappa shape index (κ1) is 29.4. The first-order chi connectivity index (χ1) is 19.2. The summed E-state index contributed by atoms with van der Waals surface area (Å²) in [6, 6.07) is 11.4. The van der Waals surface area contributed by atoms with E-state index in [1.165, 1.54) is 11.3 Å². The molecule has 8 nitrogen and oxygen atoms in total. The number of nitrogens with zero attached hydrogens (tertiary/aromatic N) is 1. The minimum atomic E-state index is -0.670. The molecule has 0 fully saturated rings. The zero-order chi connectivity index (χ0) is 29.0. The van der Waals surface area contributed by atoms with Crippen LogP contribution < -0.4 is 14.8 Å². The SMILES string of the molecule is CCOC(=O)C1=C(C)NC(C)=C(C(=O)OCC)C1c1cccc(-c2nc(-c3cc(Br)c(OC)cc3OC)cs2)c1. The van der Waals surface area contributed by atoms with Crippen LogP contribution in [0.4, 0.5) is 0 Å². The van der Waals surface area contributed by atoms with Gasteiger partial charge in [-0.3, -0.25) is 0 Å². The molecule has 1 aliphatic rings. The number of carbonyl (C=O) groups is 2. The monoisotopic (exact) mass is 626 g/mol. The number of methoxy groups -OCH3 is 2. The normalized spacial score (nSPS) is 13.7. The van der Waals surface area contributed by atoms with E-state index in [1.807, 2.05) is 55.6 Å². The highest BCUT2D eigenvalue weighted by atomic mass is 79.9. The van der Waals surface area contributed by atoms with Gasteiger partial charge in [-0.05, 0) is 61.3 Å². The van der Waals surface area contributed by atoms with Crippen LogP contribution in [0.5, 0.6) is 11.5 Å². The second-order valence-corrected chi connectivity index (χ2v) is 10.6. The summed E-state index contributed by atoms with van der Waals surface area (Å²) < 4.78 is 22.6. The van der Waals surface area contributed by atoms with Crippen LogP contribution in [0.25, 0.3) is 21.8 Å². The van der Waals surface area contributed by atoms with Crippen LogP contribution in [-0.4, -0.2) is 44.4 Å². The Morgan fingerprint density at radius 1 is 0.950 bits per heavy atom. The molecule has 4 rings (SSSR count). The van der Waals surface area contributed by atoms with E-state index in [0.717, 1.165) is 31.9 Å². The Labute approximate surface area is 246 Å². The van der Waals surface area contributed by atoms with Crippen LogP contribution in [0, 0.1) is 0 Å². The third-order valence-electron chi connectivity index (χ3n) is 6.47. The van der Waals surface area contributed by atoms with E-state index < -0.39 is 17.9 Å². The molecule has 0 radical (unpaired) electrons. The van der Waals surface area contributed by atoms with E-state index in [4.69, 9.17) is 23.9 Å². The van der Waals surface area contributed by atoms with Crippen molar-refractivity contribution in [1.82, 2.24) is 10.3 Å². The molecule has 0 amide bonds. The lowest BCUT2D eigenvalue weighted by Gasteiger charge is -2.30. The molecule has 0 aliphatic carbocycles. The van der Waals surface area contributed by atoms with Crippen molar-refractivity contribution in [3.63, 3.8) is 0 Å². The number of aromatic nitrogens is 1. The van der Waals surface area contributed by atoms with Crippen molar-refractivity contribution in [1.29, 1.82) is 0 Å². The Kier molecular flexibility index (Phi) is 9.32. The number of carbonyl (C=O) groups excluding carboxylic acids is 2. The summed E-state index contributed by atoms with van der Waals surface area (Å²) in [6.07, 6.45) is 0. The smallest absolute Gasteiger partial charge is 0.336 e. The predicted molar refractivity (Wildman–Crippen MR) is 158 cm³/mol. The maximum Gasteiger partial charge on any atom is 0.336 e. The van der Waals surface area contributed by atoms with Crippen LogP contribution in [-0.2, 0) is 19.1 Å². The summed E-state index contributed by atoms with van der Waals surface area (Å²) in [4.78, 5) is 31.2. The number of rotatable bonds is 9. The number of ether oxygens (including phenoxy) is 4. The Morgan fingerprint density at radius 3 is 2.15 bits per heavy atom. The Balaban J connectivity index is 1.80. The van der Waals surface area contributed by atoms with Gasteiger partial charge in [-0.25, -0.2) is 14.6 Å². The van der Waals surface area contributed by atoms with Crippen molar-refractivity contribution in [3.05, 3.63) is 74.4 Å². The molecule has 0 spiro atoms. The van der Waals surface area contributed by atoms with E-state index >= 15 is 0 Å². The number of esters is 2. The molecule has 0 atom stereocenters. The molecule has 1 aliphatic heterocycles. The molecule has 0 unspecified atom stereocenters. The lowest BCUT2D eigenvalue weighted by atomic mass is 9.80. The maximum atomic E-state index is 13.1. The van der Waals surface area contributed by atoms with Crippen LogP contribution in [0.15, 0.2) is 68.8 Å². The minimum absolute atomic E-state index is 0.215. The molecule has 2 heterocycles. The fourth-order valence-electron chi connectivity index (χ4n) is 4.73. The topological polar surface area (TPSA) is 96.0 Å². The molecule has 3 aromatic rings. The van der Waals surface area contributed by atoms with Gasteiger partial charge in [-0.2, -0.15) is 0 Å². The second kappa shape index (κ2) is 12.7. The van der Waals surface area contributed by atoms with Gasteiger partial charge in [0.25, 0.3) is 0 Å². The average Bonchev–Trinajstić information content (AvgIpc) is 3.43. The number of hydrogen-bond acceptors (Lipinski definition) is 9. The fourth-order valence-corrected chi connectivity index (χ4v) is 6.05. The summed E-state index contributed by atoms with van der Waals surface area (Å²) in [6.45, 7) is 7.55. The molecule has 210 valence electrons. The van der Waals surface area contributed by atoms with Crippen molar-refractivity contribution in [2.24, 2.45) is 0 Å². The van der Waals surface area contributed by atoms with Gasteiger partial charge >= 0.3 is 11.9 Å². The van der Waals surface area contributed by atoms with Crippen molar-refractivity contribution < 1.29 is 28.5 Å². The highest BCUT2D eigenvalue weighted by molar-refractivity contribution is 9.10. The Hall–Kier alpha value is -3.63. The average molecular weight is 628 g/mol. The van der Waals surface area contributed by atoms with Crippen molar-refractivity contribution in [3.8, 4) is 33.3 Å². The second-order valence-electron chi connectivity index (χ2n) is 8.93. The van der Waals surface area contributed by atoms with Gasteiger partial charge in [0.1, 0.15) is 16.5 Å². The molecule has 1 N–H and O–H groups in total. The van der Waals surface area contributed by atoms with E-state index in [0.29, 0.717) is 34.0 Å². The lowest BCUT2D eigenvalue weighted by Crippen LogP contribution is -2.32. The molecule has 0 saturated carbocycles. The zero-order valence-electron chi connectivity index (χ0n) is 23.2. The predicted octanol–water partition coefficient (Wildman–Crippen LogP) is 6.62. The van der Waals surface area contributed by atoms with Gasteiger partial charge < -0.3 is 24.3 Å². The van der Waals surface area contributed by atoms with Crippen molar-refractivity contribution in [2.45, 2.75) is 33.6 Å². The molecule has 1 aromatic heterocycles. The number of nitrogens with one attached hydrogen (secondary N) is 1. The van der Waals surface area contributed by atoms with Gasteiger partial charge in [-0.15, -0.1) is 11.3 Å².